The molecule has 3 nitrogen and oxygen atoms in total. The summed E-state index contributed by atoms with van der Waals surface area (Å²) in [5.74, 6) is -0.982. The van der Waals surface area contributed by atoms with Gasteiger partial charge >= 0.3 is 0 Å². The highest BCUT2D eigenvalue weighted by Gasteiger charge is 2.18. The predicted octanol–water partition coefficient (Wildman–Crippen LogP) is 4.00. The molecule has 0 fully saturated rings. The molecule has 0 aliphatic rings. The average molecular weight is 309 g/mol. The molecule has 3 rings (SSSR count). The average Bonchev–Trinajstić information content (AvgIpc) is 2.84. The van der Waals surface area contributed by atoms with Gasteiger partial charge in [0.15, 0.2) is 11.5 Å². The Kier molecular flexibility index (Phi) is 3.61. The van der Waals surface area contributed by atoms with Crippen molar-refractivity contribution in [1.29, 1.82) is 0 Å². The number of halogens is 3. The third-order valence-corrected chi connectivity index (χ3v) is 3.46. The van der Waals surface area contributed by atoms with Crippen LogP contribution in [0, 0.1) is 11.6 Å². The Balaban J connectivity index is 1.89. The van der Waals surface area contributed by atoms with Gasteiger partial charge in [-0.05, 0) is 24.3 Å². The molecule has 1 aromatic heterocycles. The van der Waals surface area contributed by atoms with E-state index in [0.29, 0.717) is 17.0 Å². The van der Waals surface area contributed by atoms with Crippen molar-refractivity contribution in [3.8, 4) is 0 Å². The molecule has 0 amide bonds. The van der Waals surface area contributed by atoms with Gasteiger partial charge in [-0.25, -0.2) is 13.8 Å². The van der Waals surface area contributed by atoms with Crippen LogP contribution in [-0.2, 0) is 6.42 Å². The van der Waals surface area contributed by atoms with E-state index in [4.69, 9.17) is 21.8 Å². The number of nitrogens with two attached hydrogens (primary N) is 1. The highest BCUT2D eigenvalue weighted by molar-refractivity contribution is 6.30. The maximum Gasteiger partial charge on any atom is 0.197 e. The standard InChI is InChI=1S/C15H11ClF2N2O/c16-9-6-10(17)8(5-11(9)18)12(19)7-15-20-13-3-1-2-4-14(13)21-15/h1-6,12H,7,19H2. The largest absolute Gasteiger partial charge is 0.441 e. The van der Waals surface area contributed by atoms with Crippen molar-refractivity contribution in [2.24, 2.45) is 5.73 Å². The SMILES string of the molecule is NC(Cc1nc2ccccc2o1)c1cc(F)c(Cl)cc1F. The van der Waals surface area contributed by atoms with Crippen molar-refractivity contribution in [2.45, 2.75) is 12.5 Å². The zero-order valence-corrected chi connectivity index (χ0v) is 11.6. The number of oxazole rings is 1. The summed E-state index contributed by atoms with van der Waals surface area (Å²) >= 11 is 5.52. The first-order valence-electron chi connectivity index (χ1n) is 6.29. The summed E-state index contributed by atoms with van der Waals surface area (Å²) in [5, 5.41) is -0.273. The van der Waals surface area contributed by atoms with Gasteiger partial charge in [-0.2, -0.15) is 0 Å². The predicted molar refractivity (Wildman–Crippen MR) is 76.0 cm³/mol. The quantitative estimate of drug-likeness (QED) is 0.744. The molecule has 2 aromatic carbocycles. The molecule has 0 bridgehead atoms. The molecule has 0 aliphatic heterocycles. The van der Waals surface area contributed by atoms with Crippen molar-refractivity contribution in [3.63, 3.8) is 0 Å². The van der Waals surface area contributed by atoms with E-state index in [1.807, 2.05) is 12.1 Å². The summed E-state index contributed by atoms with van der Waals surface area (Å²) in [5.41, 5.74) is 7.28. The smallest absolute Gasteiger partial charge is 0.197 e. The Bertz CT molecular complexity index is 770. The summed E-state index contributed by atoms with van der Waals surface area (Å²) in [4.78, 5) is 4.26. The van der Waals surface area contributed by atoms with E-state index >= 15 is 0 Å². The topological polar surface area (TPSA) is 52.0 Å². The van der Waals surface area contributed by atoms with E-state index < -0.39 is 17.7 Å². The third kappa shape index (κ3) is 2.75. The number of aromatic nitrogens is 1. The highest BCUT2D eigenvalue weighted by Crippen LogP contribution is 2.25. The summed E-state index contributed by atoms with van der Waals surface area (Å²) in [6.07, 6.45) is 0.159. The first kappa shape index (κ1) is 14.0. The van der Waals surface area contributed by atoms with Gasteiger partial charge in [-0.1, -0.05) is 23.7 Å². The second-order valence-electron chi connectivity index (χ2n) is 4.67. The lowest BCUT2D eigenvalue weighted by atomic mass is 10.0. The summed E-state index contributed by atoms with van der Waals surface area (Å²) in [6.45, 7) is 0. The van der Waals surface area contributed by atoms with Gasteiger partial charge in [-0.3, -0.25) is 0 Å². The van der Waals surface area contributed by atoms with Crippen LogP contribution in [-0.4, -0.2) is 4.98 Å². The molecule has 1 unspecified atom stereocenters. The highest BCUT2D eigenvalue weighted by atomic mass is 35.5. The van der Waals surface area contributed by atoms with Gasteiger partial charge in [0.25, 0.3) is 0 Å². The Morgan fingerprint density at radius 3 is 2.71 bits per heavy atom. The van der Waals surface area contributed by atoms with Crippen LogP contribution in [0.2, 0.25) is 5.02 Å². The molecule has 0 saturated carbocycles. The first-order chi connectivity index (χ1) is 10.0. The fourth-order valence-electron chi connectivity index (χ4n) is 2.13. The fourth-order valence-corrected chi connectivity index (χ4v) is 2.28. The van der Waals surface area contributed by atoms with Crippen LogP contribution in [0.3, 0.4) is 0 Å². The molecule has 6 heteroatoms. The number of hydrogen-bond donors (Lipinski definition) is 1. The molecule has 0 radical (unpaired) electrons. The van der Waals surface area contributed by atoms with E-state index in [9.17, 15) is 8.78 Å². The zero-order chi connectivity index (χ0) is 15.0. The normalized spacial score (nSPS) is 12.8. The van der Waals surface area contributed by atoms with Crippen molar-refractivity contribution in [2.75, 3.05) is 0 Å². The summed E-state index contributed by atoms with van der Waals surface area (Å²) < 4.78 is 32.8. The van der Waals surface area contributed by atoms with Gasteiger partial charge < -0.3 is 10.2 Å². The molecule has 0 spiro atoms. The van der Waals surface area contributed by atoms with Crippen LogP contribution in [0.1, 0.15) is 17.5 Å². The lowest BCUT2D eigenvalue weighted by Gasteiger charge is -2.11. The summed E-state index contributed by atoms with van der Waals surface area (Å²) in [6, 6.07) is 8.39. The van der Waals surface area contributed by atoms with Crippen molar-refractivity contribution >= 4 is 22.7 Å². The number of rotatable bonds is 3. The van der Waals surface area contributed by atoms with E-state index in [-0.39, 0.29) is 17.0 Å². The van der Waals surface area contributed by atoms with Crippen molar-refractivity contribution in [1.82, 2.24) is 4.98 Å². The Morgan fingerprint density at radius 2 is 1.95 bits per heavy atom. The number of nitrogens with zero attached hydrogens (tertiary/aromatic N) is 1. The van der Waals surface area contributed by atoms with E-state index in [1.165, 1.54) is 0 Å². The minimum absolute atomic E-state index is 0.0409. The first-order valence-corrected chi connectivity index (χ1v) is 6.67. The molecule has 2 N–H and O–H groups in total. The van der Waals surface area contributed by atoms with Gasteiger partial charge in [-0.15, -0.1) is 0 Å². The minimum Gasteiger partial charge on any atom is -0.441 e. The molecule has 108 valence electrons. The molecule has 1 heterocycles. The molecular weight excluding hydrogens is 298 g/mol. The van der Waals surface area contributed by atoms with Crippen LogP contribution in [0.4, 0.5) is 8.78 Å². The molecule has 21 heavy (non-hydrogen) atoms. The maximum atomic E-state index is 13.8. The number of fused-ring (bicyclic) bond motifs is 1. The van der Waals surface area contributed by atoms with Gasteiger partial charge in [0, 0.05) is 18.0 Å². The van der Waals surface area contributed by atoms with Crippen LogP contribution in [0.25, 0.3) is 11.1 Å². The summed E-state index contributed by atoms with van der Waals surface area (Å²) in [7, 11) is 0. The molecular formula is C15H11ClF2N2O. The second-order valence-corrected chi connectivity index (χ2v) is 5.08. The van der Waals surface area contributed by atoms with Crippen molar-refractivity contribution in [3.05, 3.63) is 64.5 Å². The Labute approximate surface area is 124 Å². The van der Waals surface area contributed by atoms with Crippen LogP contribution < -0.4 is 5.73 Å². The fraction of sp³-hybridized carbons (Fsp3) is 0.133. The third-order valence-electron chi connectivity index (χ3n) is 3.17. The van der Waals surface area contributed by atoms with Crippen LogP contribution >= 0.6 is 11.6 Å². The lowest BCUT2D eigenvalue weighted by molar-refractivity contribution is 0.489. The maximum absolute atomic E-state index is 13.8. The Morgan fingerprint density at radius 1 is 1.19 bits per heavy atom. The zero-order valence-electron chi connectivity index (χ0n) is 10.8. The van der Waals surface area contributed by atoms with Crippen LogP contribution in [0.5, 0.6) is 0 Å². The monoisotopic (exact) mass is 308 g/mol. The lowest BCUT2D eigenvalue weighted by Crippen LogP contribution is -2.15. The van der Waals surface area contributed by atoms with E-state index in [1.54, 1.807) is 12.1 Å². The van der Waals surface area contributed by atoms with E-state index in [0.717, 1.165) is 12.1 Å². The molecule has 0 saturated heterocycles. The van der Waals surface area contributed by atoms with Gasteiger partial charge in [0.1, 0.15) is 17.2 Å². The number of para-hydroxylation sites is 2. The molecule has 1 atom stereocenters. The molecule has 0 aliphatic carbocycles. The molecule has 3 aromatic rings. The van der Waals surface area contributed by atoms with Crippen LogP contribution in [0.15, 0.2) is 40.8 Å². The van der Waals surface area contributed by atoms with Gasteiger partial charge in [0.2, 0.25) is 0 Å². The van der Waals surface area contributed by atoms with Gasteiger partial charge in [0.05, 0.1) is 5.02 Å². The number of hydrogen-bond acceptors (Lipinski definition) is 3. The number of benzene rings is 2. The second kappa shape index (κ2) is 5.42. The van der Waals surface area contributed by atoms with E-state index in [2.05, 4.69) is 4.98 Å². The minimum atomic E-state index is -0.773. The van der Waals surface area contributed by atoms with Crippen molar-refractivity contribution < 1.29 is 13.2 Å². The Hall–Kier alpha value is -1.98.